The quantitative estimate of drug-likeness (QED) is 0.908. The summed E-state index contributed by atoms with van der Waals surface area (Å²) >= 11 is 0. The molecule has 0 amide bonds. The molecule has 0 atom stereocenters. The lowest BCUT2D eigenvalue weighted by Crippen LogP contribution is -2.37. The third-order valence-corrected chi connectivity index (χ3v) is 4.51. The minimum atomic E-state index is 0.0607. The summed E-state index contributed by atoms with van der Waals surface area (Å²) in [6.45, 7) is 6.78. The summed E-state index contributed by atoms with van der Waals surface area (Å²) in [5, 5.41) is 9.47. The minimum Gasteiger partial charge on any atom is -0.392 e. The summed E-state index contributed by atoms with van der Waals surface area (Å²) in [5.41, 5.74) is 3.57. The molecule has 0 saturated heterocycles. The van der Waals surface area contributed by atoms with E-state index in [9.17, 15) is 5.11 Å². The molecule has 19 heavy (non-hydrogen) atoms. The molecule has 1 fully saturated rings. The first kappa shape index (κ1) is 14.3. The molecule has 1 heterocycles. The van der Waals surface area contributed by atoms with Gasteiger partial charge in [0.1, 0.15) is 0 Å². The molecule has 0 radical (unpaired) electrons. The Morgan fingerprint density at radius 3 is 2.58 bits per heavy atom. The number of hydrogen-bond acceptors (Lipinski definition) is 3. The van der Waals surface area contributed by atoms with Crippen molar-refractivity contribution in [1.82, 2.24) is 4.98 Å². The van der Waals surface area contributed by atoms with Crippen LogP contribution in [0.5, 0.6) is 0 Å². The van der Waals surface area contributed by atoms with E-state index in [1.54, 1.807) is 6.20 Å². The van der Waals surface area contributed by atoms with Gasteiger partial charge in [0.15, 0.2) is 0 Å². The molecule has 1 aliphatic carbocycles. The van der Waals surface area contributed by atoms with E-state index in [0.717, 1.165) is 16.9 Å². The fraction of sp³-hybridized carbons (Fsp3) is 0.688. The Hall–Kier alpha value is -1.09. The van der Waals surface area contributed by atoms with E-state index in [2.05, 4.69) is 36.8 Å². The standard InChI is InChI=1S/C16H26N2O/c1-12-9-15(13(11-19)10-17-12)18(4)14-5-7-16(2,3)8-6-14/h9-10,14,19H,5-8,11H2,1-4H3. The summed E-state index contributed by atoms with van der Waals surface area (Å²) in [5.74, 6) is 0. The second-order valence-electron chi connectivity index (χ2n) is 6.62. The molecule has 3 heteroatoms. The largest absolute Gasteiger partial charge is 0.392 e. The molecule has 1 saturated carbocycles. The molecule has 1 aromatic rings. The molecular formula is C16H26N2O. The van der Waals surface area contributed by atoms with E-state index in [4.69, 9.17) is 0 Å². The van der Waals surface area contributed by atoms with E-state index in [-0.39, 0.29) is 6.61 Å². The number of aryl methyl sites for hydroxylation is 1. The first-order valence-corrected chi connectivity index (χ1v) is 7.22. The van der Waals surface area contributed by atoms with Crippen molar-refractivity contribution in [2.24, 2.45) is 5.41 Å². The van der Waals surface area contributed by atoms with E-state index >= 15 is 0 Å². The van der Waals surface area contributed by atoms with Crippen LogP contribution in [0.1, 0.15) is 50.8 Å². The molecule has 1 aliphatic rings. The summed E-state index contributed by atoms with van der Waals surface area (Å²) < 4.78 is 0. The maximum absolute atomic E-state index is 9.47. The van der Waals surface area contributed by atoms with Crippen molar-refractivity contribution in [3.8, 4) is 0 Å². The van der Waals surface area contributed by atoms with Crippen molar-refractivity contribution in [1.29, 1.82) is 0 Å². The first-order chi connectivity index (χ1) is 8.93. The molecule has 0 aromatic carbocycles. The lowest BCUT2D eigenvalue weighted by atomic mass is 9.75. The molecule has 1 aromatic heterocycles. The highest BCUT2D eigenvalue weighted by Crippen LogP contribution is 2.38. The fourth-order valence-electron chi connectivity index (χ4n) is 2.99. The normalized spacial score (nSPS) is 19.4. The summed E-state index contributed by atoms with van der Waals surface area (Å²) in [7, 11) is 2.15. The zero-order valence-corrected chi connectivity index (χ0v) is 12.6. The summed E-state index contributed by atoms with van der Waals surface area (Å²) in [6, 6.07) is 2.67. The van der Waals surface area contributed by atoms with Gasteiger partial charge in [0.05, 0.1) is 6.61 Å². The van der Waals surface area contributed by atoms with Crippen molar-refractivity contribution in [2.45, 2.75) is 59.1 Å². The molecular weight excluding hydrogens is 236 g/mol. The average molecular weight is 262 g/mol. The van der Waals surface area contributed by atoms with E-state index in [1.165, 1.54) is 25.7 Å². The molecule has 0 aliphatic heterocycles. The van der Waals surface area contributed by atoms with Crippen LogP contribution in [-0.4, -0.2) is 23.2 Å². The number of hydrogen-bond donors (Lipinski definition) is 1. The van der Waals surface area contributed by atoms with Crippen LogP contribution in [0.25, 0.3) is 0 Å². The Morgan fingerprint density at radius 1 is 1.37 bits per heavy atom. The fourth-order valence-corrected chi connectivity index (χ4v) is 2.99. The lowest BCUT2D eigenvalue weighted by molar-refractivity contribution is 0.222. The van der Waals surface area contributed by atoms with Gasteiger partial charge in [-0.3, -0.25) is 4.98 Å². The van der Waals surface area contributed by atoms with Crippen LogP contribution in [0, 0.1) is 12.3 Å². The van der Waals surface area contributed by atoms with Crippen LogP contribution >= 0.6 is 0 Å². The highest BCUT2D eigenvalue weighted by atomic mass is 16.3. The SMILES string of the molecule is Cc1cc(N(C)C2CCC(C)(C)CC2)c(CO)cn1. The molecule has 0 unspecified atom stereocenters. The first-order valence-electron chi connectivity index (χ1n) is 7.22. The van der Waals surface area contributed by atoms with Gasteiger partial charge in [0.2, 0.25) is 0 Å². The highest BCUT2D eigenvalue weighted by molar-refractivity contribution is 5.53. The van der Waals surface area contributed by atoms with Gasteiger partial charge in [0, 0.05) is 36.2 Å². The van der Waals surface area contributed by atoms with Crippen LogP contribution in [0.15, 0.2) is 12.3 Å². The number of pyridine rings is 1. The van der Waals surface area contributed by atoms with E-state index in [0.29, 0.717) is 11.5 Å². The van der Waals surface area contributed by atoms with Crippen LogP contribution in [0.4, 0.5) is 5.69 Å². The van der Waals surface area contributed by atoms with E-state index in [1.807, 2.05) is 6.92 Å². The maximum Gasteiger partial charge on any atom is 0.0717 e. The molecule has 1 N–H and O–H groups in total. The maximum atomic E-state index is 9.47. The number of aliphatic hydroxyl groups excluding tert-OH is 1. The Bertz CT molecular complexity index is 432. The second-order valence-corrected chi connectivity index (χ2v) is 6.62. The van der Waals surface area contributed by atoms with Gasteiger partial charge >= 0.3 is 0 Å². The molecule has 2 rings (SSSR count). The minimum absolute atomic E-state index is 0.0607. The van der Waals surface area contributed by atoms with Gasteiger partial charge in [-0.25, -0.2) is 0 Å². The summed E-state index contributed by atoms with van der Waals surface area (Å²) in [6.07, 6.45) is 6.82. The van der Waals surface area contributed by atoms with Crippen molar-refractivity contribution in [3.63, 3.8) is 0 Å². The molecule has 3 nitrogen and oxygen atoms in total. The predicted molar refractivity (Wildman–Crippen MR) is 79.3 cm³/mol. The Balaban J connectivity index is 2.16. The number of rotatable bonds is 3. The van der Waals surface area contributed by atoms with Crippen LogP contribution in [-0.2, 0) is 6.61 Å². The molecule has 0 spiro atoms. The van der Waals surface area contributed by atoms with Gasteiger partial charge in [-0.2, -0.15) is 0 Å². The van der Waals surface area contributed by atoms with Gasteiger partial charge in [-0.1, -0.05) is 13.8 Å². The van der Waals surface area contributed by atoms with Crippen LogP contribution in [0.2, 0.25) is 0 Å². The van der Waals surface area contributed by atoms with E-state index < -0.39 is 0 Å². The van der Waals surface area contributed by atoms with Crippen molar-refractivity contribution in [3.05, 3.63) is 23.5 Å². The molecule has 106 valence electrons. The monoisotopic (exact) mass is 262 g/mol. The summed E-state index contributed by atoms with van der Waals surface area (Å²) in [4.78, 5) is 6.62. The van der Waals surface area contributed by atoms with Gasteiger partial charge in [-0.15, -0.1) is 0 Å². The van der Waals surface area contributed by atoms with Crippen molar-refractivity contribution in [2.75, 3.05) is 11.9 Å². The van der Waals surface area contributed by atoms with Gasteiger partial charge < -0.3 is 10.0 Å². The lowest BCUT2D eigenvalue weighted by Gasteiger charge is -2.40. The second kappa shape index (κ2) is 5.49. The number of aliphatic hydroxyl groups is 1. The number of anilines is 1. The van der Waals surface area contributed by atoms with Crippen molar-refractivity contribution < 1.29 is 5.11 Å². The zero-order valence-electron chi connectivity index (χ0n) is 12.6. The number of nitrogens with zero attached hydrogens (tertiary/aromatic N) is 2. The highest BCUT2D eigenvalue weighted by Gasteiger charge is 2.29. The third-order valence-electron chi connectivity index (χ3n) is 4.51. The topological polar surface area (TPSA) is 36.4 Å². The Kier molecular flexibility index (Phi) is 4.14. The predicted octanol–water partition coefficient (Wildman–Crippen LogP) is 3.29. The van der Waals surface area contributed by atoms with Crippen LogP contribution < -0.4 is 4.90 Å². The third kappa shape index (κ3) is 3.27. The zero-order chi connectivity index (χ0) is 14.0. The average Bonchev–Trinajstić information content (AvgIpc) is 2.38. The Labute approximate surface area is 116 Å². The van der Waals surface area contributed by atoms with Crippen molar-refractivity contribution >= 4 is 5.69 Å². The number of aromatic nitrogens is 1. The van der Waals surface area contributed by atoms with Gasteiger partial charge in [0.25, 0.3) is 0 Å². The van der Waals surface area contributed by atoms with Crippen LogP contribution in [0.3, 0.4) is 0 Å². The molecule has 0 bridgehead atoms. The smallest absolute Gasteiger partial charge is 0.0717 e. The Morgan fingerprint density at radius 2 is 2.00 bits per heavy atom. The van der Waals surface area contributed by atoms with Gasteiger partial charge in [-0.05, 0) is 44.1 Å².